The maximum Gasteiger partial charge on any atom is 0.156 e. The lowest BCUT2D eigenvalue weighted by Gasteiger charge is -2.14. The van der Waals surface area contributed by atoms with Crippen LogP contribution in [0.15, 0.2) is 47.2 Å². The van der Waals surface area contributed by atoms with E-state index in [1.807, 2.05) is 12.4 Å². The van der Waals surface area contributed by atoms with Crippen molar-refractivity contribution in [3.05, 3.63) is 59.9 Å². The van der Waals surface area contributed by atoms with Crippen molar-refractivity contribution < 1.29 is 9.26 Å². The lowest BCUT2D eigenvalue weighted by atomic mass is 9.99. The van der Waals surface area contributed by atoms with E-state index >= 15 is 0 Å². The van der Waals surface area contributed by atoms with Gasteiger partial charge in [0.15, 0.2) is 5.76 Å². The normalized spacial score (nSPS) is 17.3. The van der Waals surface area contributed by atoms with Gasteiger partial charge in [-0.15, -0.1) is 0 Å². The highest BCUT2D eigenvalue weighted by Crippen LogP contribution is 2.33. The average molecular weight is 351 g/mol. The third-order valence-corrected chi connectivity index (χ3v) is 4.79. The molecule has 26 heavy (non-hydrogen) atoms. The van der Waals surface area contributed by atoms with Crippen LogP contribution in [0.2, 0.25) is 0 Å². The second kappa shape index (κ2) is 7.46. The van der Waals surface area contributed by atoms with Crippen LogP contribution in [-0.2, 0) is 17.7 Å². The standard InChI is InChI=1S/C21H25N3O2/c1-15(2)10-18-11-19(26-23-18)12-24-14-22-20(16-6-4-3-5-7-16)21(24)17-8-9-25-13-17/h3-7,11,14-15,17H,8-10,12-13H2,1-2H3. The molecule has 3 aromatic rings. The van der Waals surface area contributed by atoms with Crippen molar-refractivity contribution in [2.45, 2.75) is 39.2 Å². The second-order valence-electron chi connectivity index (χ2n) is 7.42. The Morgan fingerprint density at radius 1 is 1.23 bits per heavy atom. The summed E-state index contributed by atoms with van der Waals surface area (Å²) in [5.41, 5.74) is 4.44. The van der Waals surface area contributed by atoms with Crippen LogP contribution in [0, 0.1) is 5.92 Å². The van der Waals surface area contributed by atoms with E-state index in [0.29, 0.717) is 18.4 Å². The third kappa shape index (κ3) is 3.58. The molecule has 0 amide bonds. The van der Waals surface area contributed by atoms with Crippen LogP contribution in [0.5, 0.6) is 0 Å². The molecule has 1 atom stereocenters. The molecule has 0 bridgehead atoms. The molecule has 0 N–H and O–H groups in total. The zero-order valence-electron chi connectivity index (χ0n) is 15.4. The Balaban J connectivity index is 1.65. The van der Waals surface area contributed by atoms with E-state index in [-0.39, 0.29) is 0 Å². The van der Waals surface area contributed by atoms with Gasteiger partial charge in [-0.05, 0) is 18.8 Å². The van der Waals surface area contributed by atoms with Crippen LogP contribution in [-0.4, -0.2) is 27.9 Å². The van der Waals surface area contributed by atoms with Crippen molar-refractivity contribution in [3.63, 3.8) is 0 Å². The molecular weight excluding hydrogens is 326 g/mol. The van der Waals surface area contributed by atoms with E-state index < -0.39 is 0 Å². The first-order valence-corrected chi connectivity index (χ1v) is 9.33. The average Bonchev–Trinajstić information content (AvgIpc) is 3.36. The summed E-state index contributed by atoms with van der Waals surface area (Å²) in [7, 11) is 0. The third-order valence-electron chi connectivity index (χ3n) is 4.79. The van der Waals surface area contributed by atoms with Gasteiger partial charge in [0.2, 0.25) is 0 Å². The number of ether oxygens (including phenoxy) is 1. The maximum atomic E-state index is 5.65. The van der Waals surface area contributed by atoms with Crippen molar-refractivity contribution in [3.8, 4) is 11.3 Å². The molecule has 5 nitrogen and oxygen atoms in total. The summed E-state index contributed by atoms with van der Waals surface area (Å²) >= 11 is 0. The van der Waals surface area contributed by atoms with E-state index in [9.17, 15) is 0 Å². The summed E-state index contributed by atoms with van der Waals surface area (Å²) < 4.78 is 13.4. The van der Waals surface area contributed by atoms with E-state index in [0.717, 1.165) is 48.8 Å². The molecule has 136 valence electrons. The quantitative estimate of drug-likeness (QED) is 0.665. The van der Waals surface area contributed by atoms with Crippen LogP contribution in [0.4, 0.5) is 0 Å². The topological polar surface area (TPSA) is 53.1 Å². The first kappa shape index (κ1) is 17.0. The largest absolute Gasteiger partial charge is 0.381 e. The van der Waals surface area contributed by atoms with Gasteiger partial charge in [0.25, 0.3) is 0 Å². The zero-order valence-corrected chi connectivity index (χ0v) is 15.4. The molecule has 1 saturated heterocycles. The monoisotopic (exact) mass is 351 g/mol. The number of nitrogens with zero attached hydrogens (tertiary/aromatic N) is 3. The maximum absolute atomic E-state index is 5.65. The lowest BCUT2D eigenvalue weighted by molar-refractivity contribution is 0.193. The Hall–Kier alpha value is -2.40. The Bertz CT molecular complexity index is 845. The molecule has 4 rings (SSSR count). The summed E-state index contributed by atoms with van der Waals surface area (Å²) in [6, 6.07) is 12.4. The Morgan fingerprint density at radius 3 is 2.81 bits per heavy atom. The molecule has 1 aromatic carbocycles. The number of hydrogen-bond acceptors (Lipinski definition) is 4. The van der Waals surface area contributed by atoms with Gasteiger partial charge in [0.1, 0.15) is 0 Å². The first-order valence-electron chi connectivity index (χ1n) is 9.33. The van der Waals surface area contributed by atoms with Crippen molar-refractivity contribution in [1.82, 2.24) is 14.7 Å². The minimum atomic E-state index is 0.366. The van der Waals surface area contributed by atoms with Crippen molar-refractivity contribution >= 4 is 0 Å². The molecular formula is C21H25N3O2. The van der Waals surface area contributed by atoms with Gasteiger partial charge in [0, 0.05) is 24.2 Å². The van der Waals surface area contributed by atoms with Crippen LogP contribution in [0.1, 0.15) is 43.3 Å². The molecule has 0 spiro atoms. The second-order valence-corrected chi connectivity index (χ2v) is 7.42. The number of benzene rings is 1. The highest BCUT2D eigenvalue weighted by molar-refractivity contribution is 5.62. The number of imidazole rings is 1. The number of aromatic nitrogens is 3. The number of rotatable bonds is 6. The van der Waals surface area contributed by atoms with Crippen molar-refractivity contribution in [2.75, 3.05) is 13.2 Å². The van der Waals surface area contributed by atoms with Crippen LogP contribution < -0.4 is 0 Å². The summed E-state index contributed by atoms with van der Waals surface area (Å²) in [6.45, 7) is 6.59. The molecule has 0 aliphatic carbocycles. The minimum Gasteiger partial charge on any atom is -0.381 e. The smallest absolute Gasteiger partial charge is 0.156 e. The Kier molecular flexibility index (Phi) is 4.89. The van der Waals surface area contributed by atoms with Gasteiger partial charge in [-0.1, -0.05) is 49.3 Å². The van der Waals surface area contributed by atoms with E-state index in [1.165, 1.54) is 5.69 Å². The van der Waals surface area contributed by atoms with Gasteiger partial charge < -0.3 is 13.8 Å². The van der Waals surface area contributed by atoms with Crippen LogP contribution >= 0.6 is 0 Å². The highest BCUT2D eigenvalue weighted by atomic mass is 16.5. The number of hydrogen-bond donors (Lipinski definition) is 0. The van der Waals surface area contributed by atoms with E-state index in [1.54, 1.807) is 0 Å². The fourth-order valence-electron chi connectivity index (χ4n) is 3.63. The molecule has 0 saturated carbocycles. The molecule has 1 fully saturated rings. The molecule has 2 aromatic heterocycles. The van der Waals surface area contributed by atoms with Crippen molar-refractivity contribution in [2.24, 2.45) is 5.92 Å². The van der Waals surface area contributed by atoms with Crippen LogP contribution in [0.3, 0.4) is 0 Å². The molecule has 0 radical (unpaired) electrons. The van der Waals surface area contributed by atoms with Gasteiger partial charge in [0.05, 0.1) is 36.6 Å². The predicted molar refractivity (Wildman–Crippen MR) is 100.0 cm³/mol. The summed E-state index contributed by atoms with van der Waals surface area (Å²) in [5.74, 6) is 1.81. The van der Waals surface area contributed by atoms with E-state index in [2.05, 4.69) is 53.9 Å². The zero-order chi connectivity index (χ0) is 17.9. The van der Waals surface area contributed by atoms with Gasteiger partial charge >= 0.3 is 0 Å². The summed E-state index contributed by atoms with van der Waals surface area (Å²) in [4.78, 5) is 4.73. The molecule has 5 heteroatoms. The summed E-state index contributed by atoms with van der Waals surface area (Å²) in [5, 5.41) is 4.21. The van der Waals surface area contributed by atoms with Gasteiger partial charge in [-0.25, -0.2) is 4.98 Å². The Labute approximate surface area is 154 Å². The van der Waals surface area contributed by atoms with Gasteiger partial charge in [-0.2, -0.15) is 0 Å². The van der Waals surface area contributed by atoms with Gasteiger partial charge in [-0.3, -0.25) is 0 Å². The lowest BCUT2D eigenvalue weighted by Crippen LogP contribution is -2.09. The fourth-order valence-corrected chi connectivity index (χ4v) is 3.63. The SMILES string of the molecule is CC(C)Cc1cc(Cn2cnc(-c3ccccc3)c2C2CCOC2)on1. The molecule has 1 aliphatic rings. The predicted octanol–water partition coefficient (Wildman–Crippen LogP) is 4.29. The fraction of sp³-hybridized carbons (Fsp3) is 0.429. The summed E-state index contributed by atoms with van der Waals surface area (Å²) in [6.07, 6.45) is 3.88. The van der Waals surface area contributed by atoms with Crippen LogP contribution in [0.25, 0.3) is 11.3 Å². The molecule has 1 aliphatic heterocycles. The van der Waals surface area contributed by atoms with E-state index in [4.69, 9.17) is 14.2 Å². The Morgan fingerprint density at radius 2 is 2.08 bits per heavy atom. The molecule has 3 heterocycles. The van der Waals surface area contributed by atoms with Crippen molar-refractivity contribution in [1.29, 1.82) is 0 Å². The molecule has 1 unspecified atom stereocenters. The highest BCUT2D eigenvalue weighted by Gasteiger charge is 2.26. The minimum absolute atomic E-state index is 0.366. The first-order chi connectivity index (χ1) is 12.7.